The SMILES string of the molecule is COC1CCC(OC2CCCCC2OC)CC1. The molecule has 0 spiro atoms. The van der Waals surface area contributed by atoms with Crippen molar-refractivity contribution in [3.05, 3.63) is 0 Å². The van der Waals surface area contributed by atoms with Gasteiger partial charge in [0.15, 0.2) is 0 Å². The summed E-state index contributed by atoms with van der Waals surface area (Å²) in [5.74, 6) is 0. The molecule has 0 aliphatic heterocycles. The van der Waals surface area contributed by atoms with E-state index in [0.717, 1.165) is 32.1 Å². The van der Waals surface area contributed by atoms with Gasteiger partial charge in [0.1, 0.15) is 0 Å². The molecular formula is C14H26O3. The van der Waals surface area contributed by atoms with E-state index in [1.807, 2.05) is 14.2 Å². The molecule has 2 fully saturated rings. The van der Waals surface area contributed by atoms with Gasteiger partial charge in [-0.2, -0.15) is 0 Å². The first kappa shape index (κ1) is 13.3. The average Bonchev–Trinajstić information content (AvgIpc) is 2.40. The number of rotatable bonds is 4. The van der Waals surface area contributed by atoms with Gasteiger partial charge >= 0.3 is 0 Å². The van der Waals surface area contributed by atoms with Gasteiger partial charge in [0, 0.05) is 14.2 Å². The van der Waals surface area contributed by atoms with Gasteiger partial charge in [0.2, 0.25) is 0 Å². The van der Waals surface area contributed by atoms with Crippen molar-refractivity contribution in [3.63, 3.8) is 0 Å². The normalized spacial score (nSPS) is 39.2. The molecule has 2 saturated carbocycles. The van der Waals surface area contributed by atoms with Gasteiger partial charge in [-0.05, 0) is 38.5 Å². The van der Waals surface area contributed by atoms with Crippen molar-refractivity contribution in [1.29, 1.82) is 0 Å². The Labute approximate surface area is 105 Å². The Balaban J connectivity index is 1.76. The molecule has 0 N–H and O–H groups in total. The van der Waals surface area contributed by atoms with Crippen LogP contribution >= 0.6 is 0 Å². The van der Waals surface area contributed by atoms with Gasteiger partial charge in [-0.25, -0.2) is 0 Å². The van der Waals surface area contributed by atoms with Crippen LogP contribution in [0.25, 0.3) is 0 Å². The summed E-state index contributed by atoms with van der Waals surface area (Å²) in [5.41, 5.74) is 0. The quantitative estimate of drug-likeness (QED) is 0.758. The lowest BCUT2D eigenvalue weighted by Crippen LogP contribution is -2.38. The summed E-state index contributed by atoms with van der Waals surface area (Å²) in [4.78, 5) is 0. The van der Waals surface area contributed by atoms with Crippen LogP contribution in [0.1, 0.15) is 51.4 Å². The molecule has 2 atom stereocenters. The molecule has 17 heavy (non-hydrogen) atoms. The Morgan fingerprint density at radius 2 is 1.24 bits per heavy atom. The lowest BCUT2D eigenvalue weighted by Gasteiger charge is -2.36. The smallest absolute Gasteiger partial charge is 0.0840 e. The molecule has 0 aromatic heterocycles. The number of hydrogen-bond donors (Lipinski definition) is 0. The zero-order chi connectivity index (χ0) is 12.1. The first-order valence-electron chi connectivity index (χ1n) is 7.04. The first-order chi connectivity index (χ1) is 8.33. The molecule has 3 heteroatoms. The molecule has 100 valence electrons. The number of hydrogen-bond acceptors (Lipinski definition) is 3. The highest BCUT2D eigenvalue weighted by atomic mass is 16.5. The molecule has 0 bridgehead atoms. The predicted octanol–water partition coefficient (Wildman–Crippen LogP) is 2.92. The van der Waals surface area contributed by atoms with Crippen molar-refractivity contribution in [2.24, 2.45) is 0 Å². The van der Waals surface area contributed by atoms with Gasteiger partial charge < -0.3 is 14.2 Å². The topological polar surface area (TPSA) is 27.7 Å². The van der Waals surface area contributed by atoms with Crippen LogP contribution in [0, 0.1) is 0 Å². The molecule has 2 aliphatic rings. The highest BCUT2D eigenvalue weighted by molar-refractivity contribution is 4.80. The van der Waals surface area contributed by atoms with Crippen molar-refractivity contribution < 1.29 is 14.2 Å². The Kier molecular flexibility index (Phi) is 5.26. The average molecular weight is 242 g/mol. The summed E-state index contributed by atoms with van der Waals surface area (Å²) >= 11 is 0. The third kappa shape index (κ3) is 3.67. The molecule has 2 rings (SSSR count). The Bertz CT molecular complexity index is 212. The minimum atomic E-state index is 0.323. The van der Waals surface area contributed by atoms with E-state index in [2.05, 4.69) is 0 Å². The molecule has 2 unspecified atom stereocenters. The van der Waals surface area contributed by atoms with E-state index in [9.17, 15) is 0 Å². The van der Waals surface area contributed by atoms with E-state index in [1.54, 1.807) is 0 Å². The zero-order valence-electron chi connectivity index (χ0n) is 11.2. The van der Waals surface area contributed by atoms with Crippen LogP contribution in [0.3, 0.4) is 0 Å². The maximum absolute atomic E-state index is 6.25. The maximum Gasteiger partial charge on any atom is 0.0840 e. The fourth-order valence-electron chi connectivity index (χ4n) is 3.14. The van der Waals surface area contributed by atoms with Crippen LogP contribution in [-0.2, 0) is 14.2 Å². The van der Waals surface area contributed by atoms with Crippen LogP contribution in [0.5, 0.6) is 0 Å². The molecule has 3 nitrogen and oxygen atoms in total. The molecule has 2 aliphatic carbocycles. The van der Waals surface area contributed by atoms with Crippen LogP contribution in [0.4, 0.5) is 0 Å². The summed E-state index contributed by atoms with van der Waals surface area (Å²) in [5, 5.41) is 0. The molecule has 0 aromatic carbocycles. The highest BCUT2D eigenvalue weighted by Crippen LogP contribution is 2.29. The standard InChI is InChI=1S/C14H26O3/c1-15-11-7-9-12(10-8-11)17-14-6-4-3-5-13(14)16-2/h11-14H,3-10H2,1-2H3. The Morgan fingerprint density at radius 1 is 0.647 bits per heavy atom. The van der Waals surface area contributed by atoms with Gasteiger partial charge in [-0.1, -0.05) is 12.8 Å². The highest BCUT2D eigenvalue weighted by Gasteiger charge is 2.30. The summed E-state index contributed by atoms with van der Waals surface area (Å²) in [6.45, 7) is 0. The molecule has 0 aromatic rings. The van der Waals surface area contributed by atoms with Gasteiger partial charge in [0.25, 0.3) is 0 Å². The third-order valence-corrected chi connectivity index (χ3v) is 4.27. The van der Waals surface area contributed by atoms with Crippen molar-refractivity contribution in [2.45, 2.75) is 75.8 Å². The molecule has 0 heterocycles. The number of methoxy groups -OCH3 is 2. The summed E-state index contributed by atoms with van der Waals surface area (Å²) in [6, 6.07) is 0. The fraction of sp³-hybridized carbons (Fsp3) is 1.00. The van der Waals surface area contributed by atoms with E-state index < -0.39 is 0 Å². The second kappa shape index (κ2) is 6.72. The Morgan fingerprint density at radius 3 is 1.82 bits per heavy atom. The molecule has 0 saturated heterocycles. The van der Waals surface area contributed by atoms with Crippen LogP contribution in [0.2, 0.25) is 0 Å². The van der Waals surface area contributed by atoms with Gasteiger partial charge in [-0.3, -0.25) is 0 Å². The maximum atomic E-state index is 6.25. The van der Waals surface area contributed by atoms with E-state index in [4.69, 9.17) is 14.2 Å². The monoisotopic (exact) mass is 242 g/mol. The fourth-order valence-corrected chi connectivity index (χ4v) is 3.14. The summed E-state index contributed by atoms with van der Waals surface area (Å²) < 4.78 is 17.2. The minimum absolute atomic E-state index is 0.323. The van der Waals surface area contributed by atoms with Crippen LogP contribution < -0.4 is 0 Å². The first-order valence-corrected chi connectivity index (χ1v) is 7.04. The lowest BCUT2D eigenvalue weighted by molar-refractivity contribution is -0.122. The van der Waals surface area contributed by atoms with Crippen LogP contribution in [0.15, 0.2) is 0 Å². The number of ether oxygens (including phenoxy) is 3. The van der Waals surface area contributed by atoms with Crippen molar-refractivity contribution >= 4 is 0 Å². The van der Waals surface area contributed by atoms with Crippen LogP contribution in [-0.4, -0.2) is 38.6 Å². The van der Waals surface area contributed by atoms with E-state index >= 15 is 0 Å². The van der Waals surface area contributed by atoms with Crippen molar-refractivity contribution in [1.82, 2.24) is 0 Å². The summed E-state index contributed by atoms with van der Waals surface area (Å²) in [6.07, 6.45) is 11.0. The largest absolute Gasteiger partial charge is 0.381 e. The van der Waals surface area contributed by atoms with E-state index in [0.29, 0.717) is 24.4 Å². The Hall–Kier alpha value is -0.120. The summed E-state index contributed by atoms with van der Waals surface area (Å²) in [7, 11) is 3.63. The van der Waals surface area contributed by atoms with Crippen molar-refractivity contribution in [3.8, 4) is 0 Å². The second-order valence-electron chi connectivity index (χ2n) is 5.37. The second-order valence-corrected chi connectivity index (χ2v) is 5.37. The zero-order valence-corrected chi connectivity index (χ0v) is 11.2. The predicted molar refractivity (Wildman–Crippen MR) is 67.2 cm³/mol. The van der Waals surface area contributed by atoms with Crippen molar-refractivity contribution in [2.75, 3.05) is 14.2 Å². The molecular weight excluding hydrogens is 216 g/mol. The lowest BCUT2D eigenvalue weighted by atomic mass is 9.92. The minimum Gasteiger partial charge on any atom is -0.381 e. The molecule has 0 radical (unpaired) electrons. The third-order valence-electron chi connectivity index (χ3n) is 4.27. The van der Waals surface area contributed by atoms with Gasteiger partial charge in [-0.15, -0.1) is 0 Å². The van der Waals surface area contributed by atoms with E-state index in [1.165, 1.54) is 19.3 Å². The molecule has 0 amide bonds. The van der Waals surface area contributed by atoms with Gasteiger partial charge in [0.05, 0.1) is 24.4 Å². The van der Waals surface area contributed by atoms with E-state index in [-0.39, 0.29) is 0 Å².